The van der Waals surface area contributed by atoms with E-state index in [1.807, 2.05) is 48.5 Å². The first-order chi connectivity index (χ1) is 12.1. The van der Waals surface area contributed by atoms with Crippen molar-refractivity contribution >= 4 is 17.7 Å². The van der Waals surface area contributed by atoms with Gasteiger partial charge in [-0.25, -0.2) is 4.98 Å². The third kappa shape index (κ3) is 3.61. The molecule has 3 aromatic rings. The number of hydrogen-bond donors (Lipinski definition) is 1. The Balaban J connectivity index is 2.19. The molecule has 0 fully saturated rings. The smallest absolute Gasteiger partial charge is 0.316 e. The van der Waals surface area contributed by atoms with E-state index < -0.39 is 11.2 Å². The van der Waals surface area contributed by atoms with Crippen molar-refractivity contribution in [3.8, 4) is 22.5 Å². The third-order valence-electron chi connectivity index (χ3n) is 3.97. The molecular weight excluding hydrogens is 332 g/mol. The Morgan fingerprint density at radius 1 is 1.08 bits per heavy atom. The van der Waals surface area contributed by atoms with E-state index in [4.69, 9.17) is 4.98 Å². The molecule has 1 N–H and O–H groups in total. The van der Waals surface area contributed by atoms with Crippen molar-refractivity contribution in [1.29, 1.82) is 0 Å². The molecule has 0 aliphatic rings. The van der Waals surface area contributed by atoms with E-state index in [0.29, 0.717) is 0 Å². The van der Waals surface area contributed by atoms with E-state index in [1.165, 1.54) is 11.8 Å². The first-order valence-electron chi connectivity index (χ1n) is 8.22. The first-order valence-corrected chi connectivity index (χ1v) is 9.10. The van der Waals surface area contributed by atoms with E-state index >= 15 is 0 Å². The van der Waals surface area contributed by atoms with E-state index in [2.05, 4.69) is 23.6 Å². The van der Waals surface area contributed by atoms with Gasteiger partial charge in [-0.1, -0.05) is 72.4 Å². The number of nitrogens with zero attached hydrogens (tertiary/aromatic N) is 2. The summed E-state index contributed by atoms with van der Waals surface area (Å²) in [4.78, 5) is 16.1. The van der Waals surface area contributed by atoms with Crippen LogP contribution in [0.4, 0.5) is 0 Å². The second-order valence-electron chi connectivity index (χ2n) is 5.67. The molecule has 3 rings (SSSR count). The fourth-order valence-corrected chi connectivity index (χ4v) is 3.62. The molecule has 0 saturated carbocycles. The number of benzene rings is 2. The molecule has 0 saturated heterocycles. The topological polar surface area (TPSA) is 55.1 Å². The minimum atomic E-state index is -0.835. The standard InChI is InChI=1S/C20H20N2O2S/c1-3-22-18(16-12-8-5-9-13-16)17(15-10-6-4-7-11-15)21-20(22)25-14(2)19(23)24/h4-14H,3H2,1-2H3,(H,23,24). The number of thioether (sulfide) groups is 1. The number of carboxylic acid groups (broad SMARTS) is 1. The molecule has 1 unspecified atom stereocenters. The molecule has 0 aliphatic carbocycles. The molecule has 4 nitrogen and oxygen atoms in total. The molecule has 2 aromatic carbocycles. The molecule has 25 heavy (non-hydrogen) atoms. The molecule has 128 valence electrons. The summed E-state index contributed by atoms with van der Waals surface area (Å²) in [5.41, 5.74) is 4.01. The number of aliphatic carboxylic acids is 1. The van der Waals surface area contributed by atoms with Crippen LogP contribution in [0.25, 0.3) is 22.5 Å². The lowest BCUT2D eigenvalue weighted by Gasteiger charge is -2.11. The SMILES string of the molecule is CCn1c(SC(C)C(=O)O)nc(-c2ccccc2)c1-c1ccccc1. The van der Waals surface area contributed by atoms with E-state index in [0.717, 1.165) is 34.2 Å². The zero-order valence-corrected chi connectivity index (χ0v) is 15.0. The summed E-state index contributed by atoms with van der Waals surface area (Å²) >= 11 is 1.28. The molecule has 0 aliphatic heterocycles. The van der Waals surface area contributed by atoms with Crippen LogP contribution in [0.2, 0.25) is 0 Å². The van der Waals surface area contributed by atoms with E-state index in [9.17, 15) is 9.90 Å². The quantitative estimate of drug-likeness (QED) is 0.647. The van der Waals surface area contributed by atoms with Crippen LogP contribution in [0.15, 0.2) is 65.8 Å². The summed E-state index contributed by atoms with van der Waals surface area (Å²) in [5.74, 6) is -0.835. The van der Waals surface area contributed by atoms with Crippen LogP contribution < -0.4 is 0 Å². The number of hydrogen-bond acceptors (Lipinski definition) is 3. The summed E-state index contributed by atoms with van der Waals surface area (Å²) in [7, 11) is 0. The van der Waals surface area contributed by atoms with Crippen LogP contribution in [-0.4, -0.2) is 25.9 Å². The number of rotatable bonds is 6. The lowest BCUT2D eigenvalue weighted by Crippen LogP contribution is -2.13. The minimum absolute atomic E-state index is 0.556. The van der Waals surface area contributed by atoms with Gasteiger partial charge in [0.05, 0.1) is 11.4 Å². The lowest BCUT2D eigenvalue weighted by molar-refractivity contribution is -0.136. The molecule has 0 spiro atoms. The zero-order chi connectivity index (χ0) is 17.8. The first kappa shape index (κ1) is 17.3. The van der Waals surface area contributed by atoms with Gasteiger partial charge in [0, 0.05) is 17.7 Å². The predicted molar refractivity (Wildman–Crippen MR) is 102 cm³/mol. The maximum Gasteiger partial charge on any atom is 0.316 e. The number of aromatic nitrogens is 2. The summed E-state index contributed by atoms with van der Waals surface area (Å²) in [5, 5.41) is 9.44. The van der Waals surface area contributed by atoms with Crippen molar-refractivity contribution in [2.75, 3.05) is 0 Å². The maximum absolute atomic E-state index is 11.3. The van der Waals surface area contributed by atoms with Crippen LogP contribution in [0.5, 0.6) is 0 Å². The van der Waals surface area contributed by atoms with Gasteiger partial charge < -0.3 is 9.67 Å². The highest BCUT2D eigenvalue weighted by atomic mass is 32.2. The van der Waals surface area contributed by atoms with Crippen LogP contribution in [-0.2, 0) is 11.3 Å². The van der Waals surface area contributed by atoms with E-state index in [1.54, 1.807) is 6.92 Å². The van der Waals surface area contributed by atoms with Gasteiger partial charge in [-0.3, -0.25) is 4.79 Å². The average Bonchev–Trinajstić information content (AvgIpc) is 3.01. The highest BCUT2D eigenvalue weighted by molar-refractivity contribution is 8.00. The van der Waals surface area contributed by atoms with E-state index in [-0.39, 0.29) is 0 Å². The summed E-state index contributed by atoms with van der Waals surface area (Å²) in [6.45, 7) is 4.46. The second kappa shape index (κ2) is 7.57. The van der Waals surface area contributed by atoms with Gasteiger partial charge in [0.2, 0.25) is 0 Å². The third-order valence-corrected chi connectivity index (χ3v) is 5.05. The highest BCUT2D eigenvalue weighted by Crippen LogP contribution is 2.36. The Morgan fingerprint density at radius 2 is 1.64 bits per heavy atom. The van der Waals surface area contributed by atoms with Gasteiger partial charge in [-0.05, 0) is 13.8 Å². The second-order valence-corrected chi connectivity index (χ2v) is 6.97. The average molecular weight is 352 g/mol. The van der Waals surface area contributed by atoms with Gasteiger partial charge in [0.25, 0.3) is 0 Å². The monoisotopic (exact) mass is 352 g/mol. The van der Waals surface area contributed by atoms with Crippen molar-refractivity contribution in [2.24, 2.45) is 0 Å². The molecule has 1 atom stereocenters. The van der Waals surface area contributed by atoms with Crippen molar-refractivity contribution in [1.82, 2.24) is 9.55 Å². The van der Waals surface area contributed by atoms with Crippen LogP contribution >= 0.6 is 11.8 Å². The summed E-state index contributed by atoms with van der Waals surface area (Å²) in [6.07, 6.45) is 0. The Kier molecular flexibility index (Phi) is 5.24. The van der Waals surface area contributed by atoms with Crippen LogP contribution in [0, 0.1) is 0 Å². The normalized spacial score (nSPS) is 12.1. The van der Waals surface area contributed by atoms with Crippen molar-refractivity contribution in [3.63, 3.8) is 0 Å². The van der Waals surface area contributed by atoms with Gasteiger partial charge in [-0.15, -0.1) is 0 Å². The van der Waals surface area contributed by atoms with Crippen LogP contribution in [0.3, 0.4) is 0 Å². The number of carbonyl (C=O) groups is 1. The van der Waals surface area contributed by atoms with Crippen molar-refractivity contribution in [2.45, 2.75) is 30.8 Å². The Labute approximate surface area is 151 Å². The van der Waals surface area contributed by atoms with Crippen LogP contribution in [0.1, 0.15) is 13.8 Å². The largest absolute Gasteiger partial charge is 0.480 e. The molecule has 5 heteroatoms. The highest BCUT2D eigenvalue weighted by Gasteiger charge is 2.22. The lowest BCUT2D eigenvalue weighted by atomic mass is 10.0. The Hall–Kier alpha value is -2.53. The zero-order valence-electron chi connectivity index (χ0n) is 14.2. The van der Waals surface area contributed by atoms with Gasteiger partial charge in [0.15, 0.2) is 5.16 Å². The van der Waals surface area contributed by atoms with Crippen molar-refractivity contribution in [3.05, 3.63) is 60.7 Å². The Bertz CT molecular complexity index is 860. The summed E-state index contributed by atoms with van der Waals surface area (Å²) < 4.78 is 2.10. The maximum atomic E-state index is 11.3. The molecule has 0 radical (unpaired) electrons. The fraction of sp³-hybridized carbons (Fsp3) is 0.200. The molecule has 1 aromatic heterocycles. The predicted octanol–water partition coefficient (Wildman–Crippen LogP) is 4.80. The number of carboxylic acids is 1. The van der Waals surface area contributed by atoms with Gasteiger partial charge >= 0.3 is 5.97 Å². The Morgan fingerprint density at radius 3 is 2.16 bits per heavy atom. The minimum Gasteiger partial charge on any atom is -0.480 e. The van der Waals surface area contributed by atoms with Gasteiger partial charge in [-0.2, -0.15) is 0 Å². The summed E-state index contributed by atoms with van der Waals surface area (Å²) in [6, 6.07) is 20.1. The van der Waals surface area contributed by atoms with Gasteiger partial charge in [0.1, 0.15) is 5.25 Å². The molecule has 0 amide bonds. The molecule has 0 bridgehead atoms. The van der Waals surface area contributed by atoms with Crippen molar-refractivity contribution < 1.29 is 9.90 Å². The molecule has 1 heterocycles. The molecular formula is C20H20N2O2S. The fourth-order valence-electron chi connectivity index (χ4n) is 2.71. The number of imidazole rings is 1.